The molecule has 6 nitrogen and oxygen atoms in total. The third kappa shape index (κ3) is 3.06. The molecule has 0 aliphatic carbocycles. The number of nitrogens with one attached hydrogen (secondary N) is 1. The molecule has 0 unspecified atom stereocenters. The molecule has 2 amide bonds. The minimum atomic E-state index is -0.216. The molecule has 112 valence electrons. The Balaban J connectivity index is 1.73. The van der Waals surface area contributed by atoms with Gasteiger partial charge in [-0.05, 0) is 24.6 Å². The molecule has 1 aromatic heterocycles. The highest BCUT2D eigenvalue weighted by Gasteiger charge is 2.21. The maximum Gasteiger partial charge on any atom is 0.326 e. The Hall–Kier alpha value is -2.89. The van der Waals surface area contributed by atoms with Crippen molar-refractivity contribution in [2.75, 3.05) is 11.4 Å². The summed E-state index contributed by atoms with van der Waals surface area (Å²) >= 11 is 0. The Labute approximate surface area is 128 Å². The van der Waals surface area contributed by atoms with E-state index in [1.807, 2.05) is 31.2 Å². The lowest BCUT2D eigenvalue weighted by molar-refractivity contribution is 0.246. The Morgan fingerprint density at radius 2 is 2.09 bits per heavy atom. The lowest BCUT2D eigenvalue weighted by Crippen LogP contribution is -2.45. The number of aryl methyl sites for hydroxylation is 1. The van der Waals surface area contributed by atoms with Gasteiger partial charge >= 0.3 is 12.0 Å². The van der Waals surface area contributed by atoms with Crippen LogP contribution in [0.1, 0.15) is 12.0 Å². The monoisotopic (exact) mass is 296 g/mol. The van der Waals surface area contributed by atoms with Crippen molar-refractivity contribution in [2.24, 2.45) is 0 Å². The van der Waals surface area contributed by atoms with E-state index in [2.05, 4.69) is 21.9 Å². The SMILES string of the molecule is C=C1CCN(c2cnc(Oc3cccc(C)c3)nc2)C(=O)N1. The topological polar surface area (TPSA) is 67.3 Å². The number of aromatic nitrogens is 2. The van der Waals surface area contributed by atoms with Crippen LogP contribution in [0.25, 0.3) is 0 Å². The molecular formula is C16H16N4O2. The number of urea groups is 1. The van der Waals surface area contributed by atoms with Crippen LogP contribution in [0.5, 0.6) is 11.8 Å². The number of carbonyl (C=O) groups excluding carboxylic acids is 1. The van der Waals surface area contributed by atoms with E-state index in [0.29, 0.717) is 24.4 Å². The molecule has 1 fully saturated rings. The first kappa shape index (κ1) is 14.1. The van der Waals surface area contributed by atoms with Gasteiger partial charge < -0.3 is 10.1 Å². The first-order valence-corrected chi connectivity index (χ1v) is 6.95. The van der Waals surface area contributed by atoms with Gasteiger partial charge in [0.2, 0.25) is 0 Å². The summed E-state index contributed by atoms with van der Waals surface area (Å²) < 4.78 is 5.59. The van der Waals surface area contributed by atoms with Gasteiger partial charge in [0.25, 0.3) is 0 Å². The average molecular weight is 296 g/mol. The number of ether oxygens (including phenoxy) is 1. The fourth-order valence-corrected chi connectivity index (χ4v) is 2.16. The number of benzene rings is 1. The first-order valence-electron chi connectivity index (χ1n) is 6.95. The quantitative estimate of drug-likeness (QED) is 0.945. The normalized spacial score (nSPS) is 14.7. The maximum atomic E-state index is 11.9. The van der Waals surface area contributed by atoms with Gasteiger partial charge in [-0.2, -0.15) is 0 Å². The van der Waals surface area contributed by atoms with Crippen LogP contribution in [0.2, 0.25) is 0 Å². The summed E-state index contributed by atoms with van der Waals surface area (Å²) in [4.78, 5) is 21.8. The summed E-state index contributed by atoms with van der Waals surface area (Å²) in [5.74, 6) is 0.680. The Bertz CT molecular complexity index is 712. The molecule has 0 bridgehead atoms. The number of anilines is 1. The molecule has 1 N–H and O–H groups in total. The lowest BCUT2D eigenvalue weighted by atomic mass is 10.2. The van der Waals surface area contributed by atoms with Crippen LogP contribution in [0.15, 0.2) is 48.9 Å². The Morgan fingerprint density at radius 3 is 2.77 bits per heavy atom. The predicted octanol–water partition coefficient (Wildman–Crippen LogP) is 3.01. The average Bonchev–Trinajstić information content (AvgIpc) is 2.48. The van der Waals surface area contributed by atoms with E-state index in [0.717, 1.165) is 11.3 Å². The molecule has 2 heterocycles. The standard InChI is InChI=1S/C16H16N4O2/c1-11-4-3-5-14(8-11)22-15-17-9-13(10-18-15)20-7-6-12(2)19-16(20)21/h3-5,8-10H,2,6-7H2,1H3,(H,19,21). The molecule has 22 heavy (non-hydrogen) atoms. The highest BCUT2D eigenvalue weighted by molar-refractivity contribution is 5.93. The highest BCUT2D eigenvalue weighted by Crippen LogP contribution is 2.21. The zero-order chi connectivity index (χ0) is 15.5. The molecule has 3 rings (SSSR count). The summed E-state index contributed by atoms with van der Waals surface area (Å²) in [5.41, 5.74) is 2.45. The molecule has 1 aliphatic heterocycles. The van der Waals surface area contributed by atoms with Gasteiger partial charge in [0.05, 0.1) is 18.1 Å². The van der Waals surface area contributed by atoms with Crippen molar-refractivity contribution in [1.82, 2.24) is 15.3 Å². The molecule has 0 saturated carbocycles. The van der Waals surface area contributed by atoms with Crippen LogP contribution in [0.4, 0.5) is 10.5 Å². The lowest BCUT2D eigenvalue weighted by Gasteiger charge is -2.28. The number of hydrogen-bond acceptors (Lipinski definition) is 4. The number of carbonyl (C=O) groups is 1. The van der Waals surface area contributed by atoms with Crippen molar-refractivity contribution < 1.29 is 9.53 Å². The van der Waals surface area contributed by atoms with Gasteiger partial charge in [-0.15, -0.1) is 0 Å². The smallest absolute Gasteiger partial charge is 0.326 e. The molecule has 1 aromatic carbocycles. The Morgan fingerprint density at radius 1 is 1.32 bits per heavy atom. The second-order valence-corrected chi connectivity index (χ2v) is 5.08. The van der Waals surface area contributed by atoms with Gasteiger partial charge in [-0.3, -0.25) is 4.90 Å². The van der Waals surface area contributed by atoms with Crippen molar-refractivity contribution in [2.45, 2.75) is 13.3 Å². The summed E-state index contributed by atoms with van der Waals surface area (Å²) in [6.45, 7) is 6.30. The van der Waals surface area contributed by atoms with Crippen LogP contribution < -0.4 is 15.0 Å². The molecular weight excluding hydrogens is 280 g/mol. The molecule has 0 spiro atoms. The molecule has 0 radical (unpaired) electrons. The fraction of sp³-hybridized carbons (Fsp3) is 0.188. The zero-order valence-corrected chi connectivity index (χ0v) is 12.2. The van der Waals surface area contributed by atoms with E-state index in [4.69, 9.17) is 4.74 Å². The largest absolute Gasteiger partial charge is 0.424 e. The second-order valence-electron chi connectivity index (χ2n) is 5.08. The van der Waals surface area contributed by atoms with E-state index in [1.165, 1.54) is 0 Å². The predicted molar refractivity (Wildman–Crippen MR) is 82.9 cm³/mol. The van der Waals surface area contributed by atoms with Crippen molar-refractivity contribution in [3.63, 3.8) is 0 Å². The first-order chi connectivity index (χ1) is 10.6. The summed E-state index contributed by atoms with van der Waals surface area (Å²) in [7, 11) is 0. The van der Waals surface area contributed by atoms with E-state index in [-0.39, 0.29) is 12.0 Å². The van der Waals surface area contributed by atoms with Crippen molar-refractivity contribution in [3.05, 3.63) is 54.5 Å². The second kappa shape index (κ2) is 5.85. The molecule has 1 aliphatic rings. The van der Waals surface area contributed by atoms with Gasteiger partial charge in [-0.1, -0.05) is 18.7 Å². The van der Waals surface area contributed by atoms with Crippen LogP contribution >= 0.6 is 0 Å². The highest BCUT2D eigenvalue weighted by atomic mass is 16.5. The minimum Gasteiger partial charge on any atom is -0.424 e. The van der Waals surface area contributed by atoms with Crippen LogP contribution in [0, 0.1) is 6.92 Å². The van der Waals surface area contributed by atoms with E-state index in [9.17, 15) is 4.79 Å². The Kier molecular flexibility index (Phi) is 3.74. The van der Waals surface area contributed by atoms with E-state index in [1.54, 1.807) is 17.3 Å². The van der Waals surface area contributed by atoms with Crippen molar-refractivity contribution >= 4 is 11.7 Å². The van der Waals surface area contributed by atoms with Crippen LogP contribution in [-0.2, 0) is 0 Å². The molecule has 1 saturated heterocycles. The molecule has 0 atom stereocenters. The third-order valence-corrected chi connectivity index (χ3v) is 3.29. The van der Waals surface area contributed by atoms with E-state index >= 15 is 0 Å². The van der Waals surface area contributed by atoms with E-state index < -0.39 is 0 Å². The van der Waals surface area contributed by atoms with Gasteiger partial charge in [0.15, 0.2) is 0 Å². The summed E-state index contributed by atoms with van der Waals surface area (Å²) in [5, 5.41) is 2.69. The van der Waals surface area contributed by atoms with Crippen LogP contribution in [-0.4, -0.2) is 22.5 Å². The summed E-state index contributed by atoms with van der Waals surface area (Å²) in [6, 6.07) is 7.67. The molecule has 6 heteroatoms. The number of nitrogens with zero attached hydrogens (tertiary/aromatic N) is 3. The number of rotatable bonds is 3. The fourth-order valence-electron chi connectivity index (χ4n) is 2.16. The van der Waals surface area contributed by atoms with Gasteiger partial charge in [0.1, 0.15) is 5.75 Å². The zero-order valence-electron chi connectivity index (χ0n) is 12.2. The van der Waals surface area contributed by atoms with Crippen molar-refractivity contribution in [1.29, 1.82) is 0 Å². The third-order valence-electron chi connectivity index (χ3n) is 3.29. The van der Waals surface area contributed by atoms with Gasteiger partial charge in [0, 0.05) is 18.7 Å². The van der Waals surface area contributed by atoms with Crippen molar-refractivity contribution in [3.8, 4) is 11.8 Å². The molecule has 2 aromatic rings. The number of hydrogen-bond donors (Lipinski definition) is 1. The minimum absolute atomic E-state index is 0.216. The number of amides is 2. The maximum absolute atomic E-state index is 11.9. The van der Waals surface area contributed by atoms with Crippen LogP contribution in [0.3, 0.4) is 0 Å². The summed E-state index contributed by atoms with van der Waals surface area (Å²) in [6.07, 6.45) is 3.85. The van der Waals surface area contributed by atoms with Gasteiger partial charge in [-0.25, -0.2) is 14.8 Å².